The van der Waals surface area contributed by atoms with Crippen LogP contribution in [0.1, 0.15) is 80.6 Å². The van der Waals surface area contributed by atoms with Crippen molar-refractivity contribution in [3.8, 4) is 0 Å². The lowest BCUT2D eigenvalue weighted by atomic mass is 9.74. The summed E-state index contributed by atoms with van der Waals surface area (Å²) in [5, 5.41) is 7.12. The van der Waals surface area contributed by atoms with Gasteiger partial charge in [-0.05, 0) is 90.8 Å². The number of hydrogen-bond donors (Lipinski definition) is 2. The lowest BCUT2D eigenvalue weighted by Gasteiger charge is -2.44. The largest absolute Gasteiger partial charge is 0.463 e. The summed E-state index contributed by atoms with van der Waals surface area (Å²) in [5.41, 5.74) is -2.05. The van der Waals surface area contributed by atoms with Gasteiger partial charge in [0, 0.05) is 25.5 Å². The molecule has 3 saturated heterocycles. The monoisotopic (exact) mass is 524 g/mol. The Bertz CT molecular complexity index is 759. The van der Waals surface area contributed by atoms with Crippen LogP contribution < -0.4 is 10.6 Å². The molecule has 0 radical (unpaired) electrons. The van der Waals surface area contributed by atoms with Gasteiger partial charge in [-0.3, -0.25) is 9.59 Å². The fraction of sp³-hybridized carbons (Fsp3) is 0.931. The van der Waals surface area contributed by atoms with Gasteiger partial charge in [0.05, 0.1) is 17.8 Å². The van der Waals surface area contributed by atoms with Crippen LogP contribution in [0, 0.1) is 29.1 Å². The number of hydrogen-bond acceptors (Lipinski definition) is 8. The number of carbonyl (C=O) groups excluding carboxylic acids is 2. The van der Waals surface area contributed by atoms with E-state index in [0.29, 0.717) is 18.3 Å². The molecule has 0 aromatic rings. The number of nitrogens with one attached hydrogen (secondary N) is 2. The molecule has 37 heavy (non-hydrogen) atoms. The second-order valence-corrected chi connectivity index (χ2v) is 12.8. The molecular formula is C29H52N2O6. The lowest BCUT2D eigenvalue weighted by Crippen LogP contribution is -2.55. The van der Waals surface area contributed by atoms with Crippen LogP contribution in [0.4, 0.5) is 0 Å². The molecule has 0 spiro atoms. The Morgan fingerprint density at radius 1 is 0.973 bits per heavy atom. The highest BCUT2D eigenvalue weighted by Gasteiger charge is 2.50. The number of ketones is 1. The summed E-state index contributed by atoms with van der Waals surface area (Å²) in [4.78, 5) is 27.2. The quantitative estimate of drug-likeness (QED) is 0.425. The second kappa shape index (κ2) is 12.9. The predicted octanol–water partition coefficient (Wildman–Crippen LogP) is 3.71. The first-order valence-electron chi connectivity index (χ1n) is 14.4. The highest BCUT2D eigenvalue weighted by atomic mass is 16.7. The highest BCUT2D eigenvalue weighted by Crippen LogP contribution is 2.38. The summed E-state index contributed by atoms with van der Waals surface area (Å²) < 4.78 is 24.8. The Morgan fingerprint density at radius 2 is 1.65 bits per heavy atom. The van der Waals surface area contributed by atoms with Gasteiger partial charge in [-0.25, -0.2) is 0 Å². The molecule has 8 heteroatoms. The highest BCUT2D eigenvalue weighted by molar-refractivity contribution is 6.04. The molecule has 214 valence electrons. The third kappa shape index (κ3) is 7.53. The molecule has 0 saturated carbocycles. The average Bonchev–Trinajstić information content (AvgIpc) is 2.85. The van der Waals surface area contributed by atoms with Gasteiger partial charge in [0.1, 0.15) is 12.0 Å². The number of esters is 1. The number of cyclic esters (lactones) is 1. The molecule has 2 N–H and O–H groups in total. The zero-order valence-electron chi connectivity index (χ0n) is 24.4. The van der Waals surface area contributed by atoms with E-state index >= 15 is 0 Å². The van der Waals surface area contributed by atoms with Crippen molar-refractivity contribution >= 4 is 11.8 Å². The summed E-state index contributed by atoms with van der Waals surface area (Å²) in [6.45, 7) is 16.7. The molecule has 0 aliphatic carbocycles. The van der Waals surface area contributed by atoms with E-state index in [1.165, 1.54) is 0 Å². The van der Waals surface area contributed by atoms with E-state index in [1.54, 1.807) is 21.0 Å². The van der Waals surface area contributed by atoms with Gasteiger partial charge >= 0.3 is 5.97 Å². The number of ether oxygens (including phenoxy) is 4. The van der Waals surface area contributed by atoms with Gasteiger partial charge < -0.3 is 29.6 Å². The number of rotatable bonds is 4. The van der Waals surface area contributed by atoms with Crippen LogP contribution >= 0.6 is 0 Å². The Balaban J connectivity index is 1.91. The number of carbonyl (C=O) groups is 2. The minimum Gasteiger partial charge on any atom is -0.463 e. The molecule has 8 atom stereocenters. The number of methoxy groups -OCH3 is 1. The fourth-order valence-electron chi connectivity index (χ4n) is 6.60. The SMILES string of the molecule is CO[C@]1(C)C[C@@H](C)CN[C@H](C2CCNCC2)COC(=O)C(C)(C)C(=O)[C@H](C)C1O[C@H]1C[C@@H](C)C[C@@H](C)O1. The van der Waals surface area contributed by atoms with Gasteiger partial charge in [-0.15, -0.1) is 0 Å². The molecule has 0 aromatic heterocycles. The average molecular weight is 525 g/mol. The first kappa shape index (κ1) is 30.5. The minimum absolute atomic E-state index is 0.0528. The molecule has 8 nitrogen and oxygen atoms in total. The van der Waals surface area contributed by atoms with Crippen molar-refractivity contribution in [1.29, 1.82) is 0 Å². The van der Waals surface area contributed by atoms with E-state index in [4.69, 9.17) is 18.9 Å². The summed E-state index contributed by atoms with van der Waals surface area (Å²) in [6, 6.07) is 0.0528. The van der Waals surface area contributed by atoms with Gasteiger partial charge in [0.25, 0.3) is 0 Å². The molecule has 3 fully saturated rings. The Kier molecular flexibility index (Phi) is 10.6. The molecule has 3 aliphatic rings. The first-order chi connectivity index (χ1) is 17.4. The van der Waals surface area contributed by atoms with E-state index in [9.17, 15) is 9.59 Å². The molecule has 0 bridgehead atoms. The van der Waals surface area contributed by atoms with Crippen LogP contribution in [-0.4, -0.2) is 75.2 Å². The Hall–Kier alpha value is -1.06. The topological polar surface area (TPSA) is 95.1 Å². The normalized spacial score (nSPS) is 41.2. The minimum atomic E-state index is -1.30. The van der Waals surface area contributed by atoms with Gasteiger partial charge in [-0.1, -0.05) is 20.8 Å². The maximum atomic E-state index is 13.9. The van der Waals surface area contributed by atoms with E-state index in [2.05, 4.69) is 31.4 Å². The Morgan fingerprint density at radius 3 is 2.27 bits per heavy atom. The fourth-order valence-corrected chi connectivity index (χ4v) is 6.60. The lowest BCUT2D eigenvalue weighted by molar-refractivity contribution is -0.262. The Labute approximate surface area is 224 Å². The van der Waals surface area contributed by atoms with Crippen molar-refractivity contribution in [2.75, 3.05) is 33.4 Å². The maximum Gasteiger partial charge on any atom is 0.319 e. The van der Waals surface area contributed by atoms with E-state index in [1.807, 2.05) is 13.8 Å². The van der Waals surface area contributed by atoms with E-state index < -0.39 is 35.3 Å². The van der Waals surface area contributed by atoms with Crippen molar-refractivity contribution < 1.29 is 28.5 Å². The zero-order valence-corrected chi connectivity index (χ0v) is 24.4. The van der Waals surface area contributed by atoms with E-state index in [0.717, 1.165) is 45.3 Å². The maximum absolute atomic E-state index is 13.9. The third-order valence-electron chi connectivity index (χ3n) is 8.90. The molecular weight excluding hydrogens is 472 g/mol. The van der Waals surface area contributed by atoms with Gasteiger partial charge in [0.15, 0.2) is 12.1 Å². The van der Waals surface area contributed by atoms with Gasteiger partial charge in [0.2, 0.25) is 0 Å². The summed E-state index contributed by atoms with van der Waals surface area (Å²) in [5.74, 6) is -0.138. The van der Waals surface area contributed by atoms with Crippen molar-refractivity contribution in [2.24, 2.45) is 29.1 Å². The van der Waals surface area contributed by atoms with Gasteiger partial charge in [-0.2, -0.15) is 0 Å². The van der Waals surface area contributed by atoms with Crippen LogP contribution in [0.15, 0.2) is 0 Å². The molecule has 3 rings (SSSR count). The molecule has 0 amide bonds. The third-order valence-corrected chi connectivity index (χ3v) is 8.90. The summed E-state index contributed by atoms with van der Waals surface area (Å²) in [7, 11) is 1.69. The van der Waals surface area contributed by atoms with Crippen LogP contribution in [0.5, 0.6) is 0 Å². The zero-order chi connectivity index (χ0) is 27.4. The van der Waals surface area contributed by atoms with Crippen LogP contribution in [0.25, 0.3) is 0 Å². The van der Waals surface area contributed by atoms with Crippen LogP contribution in [-0.2, 0) is 28.5 Å². The smallest absolute Gasteiger partial charge is 0.319 e. The standard InChI is InChI=1S/C29H52N2O6/c1-18-13-20(3)36-24(14-18)37-26-21(4)25(32)28(5,6)27(33)35-17-23(22-9-11-30-12-10-22)31-16-19(2)15-29(26,7)34-8/h18-24,26,30-31H,9-17H2,1-8H3/t18-,19+,20+,21-,23-,24-,26?,29+/m0/s1. The molecule has 0 aromatic carbocycles. The molecule has 3 heterocycles. The van der Waals surface area contributed by atoms with Crippen molar-refractivity contribution in [1.82, 2.24) is 10.6 Å². The van der Waals surface area contributed by atoms with Crippen molar-refractivity contribution in [2.45, 2.75) is 111 Å². The molecule has 3 aliphatic heterocycles. The second-order valence-electron chi connectivity index (χ2n) is 12.8. The van der Waals surface area contributed by atoms with E-state index in [-0.39, 0.29) is 30.5 Å². The number of piperidine rings is 1. The predicted molar refractivity (Wildman–Crippen MR) is 143 cm³/mol. The van der Waals surface area contributed by atoms with Crippen molar-refractivity contribution in [3.05, 3.63) is 0 Å². The summed E-state index contributed by atoms with van der Waals surface area (Å²) in [6.07, 6.45) is 3.61. The van der Waals surface area contributed by atoms with Crippen molar-refractivity contribution in [3.63, 3.8) is 0 Å². The number of Topliss-reactive ketones (excluding diaryl/α,β-unsaturated/α-hetero) is 1. The first-order valence-corrected chi connectivity index (χ1v) is 14.4. The van der Waals surface area contributed by atoms with Crippen LogP contribution in [0.2, 0.25) is 0 Å². The summed E-state index contributed by atoms with van der Waals surface area (Å²) >= 11 is 0. The van der Waals surface area contributed by atoms with Crippen LogP contribution in [0.3, 0.4) is 0 Å². The molecule has 1 unspecified atom stereocenters.